The van der Waals surface area contributed by atoms with Gasteiger partial charge in [-0.3, -0.25) is 4.31 Å². The molecule has 0 aliphatic heterocycles. The van der Waals surface area contributed by atoms with Crippen molar-refractivity contribution >= 4 is 33.4 Å². The van der Waals surface area contributed by atoms with Crippen molar-refractivity contribution < 1.29 is 31.1 Å². The minimum atomic E-state index is -4.46. The van der Waals surface area contributed by atoms with Crippen molar-refractivity contribution in [2.24, 2.45) is 0 Å². The molecule has 0 aliphatic carbocycles. The molecule has 0 fully saturated rings. The second-order valence-electron chi connectivity index (χ2n) is 8.71. The van der Waals surface area contributed by atoms with Gasteiger partial charge < -0.3 is 10.1 Å². The Kier molecular flexibility index (Phi) is 9.67. The number of alkyl carbamates (subject to hydrolysis) is 1. The number of carbonyl (C=O) groups excluding carboxylic acids is 1. The lowest BCUT2D eigenvalue weighted by atomic mass is 9.98. The molecule has 204 valence electrons. The first-order valence-corrected chi connectivity index (χ1v) is 13.7. The number of carbonyl (C=O) groups is 1. The zero-order valence-electron chi connectivity index (χ0n) is 21.0. The van der Waals surface area contributed by atoms with E-state index in [1.165, 1.54) is 43.3 Å². The Morgan fingerprint density at radius 3 is 2.29 bits per heavy atom. The summed E-state index contributed by atoms with van der Waals surface area (Å²) in [7, 11) is -4.46. The number of anilines is 1. The molecule has 0 saturated heterocycles. The molecular formula is C27H28ClF3N2O4S. The summed E-state index contributed by atoms with van der Waals surface area (Å²) in [6, 6.07) is 10.2. The van der Waals surface area contributed by atoms with Crippen LogP contribution in [0, 0.1) is 17.5 Å². The van der Waals surface area contributed by atoms with E-state index >= 15 is 0 Å². The van der Waals surface area contributed by atoms with Crippen LogP contribution in [0.25, 0.3) is 0 Å². The van der Waals surface area contributed by atoms with Crippen molar-refractivity contribution in [3.8, 4) is 0 Å². The van der Waals surface area contributed by atoms with E-state index in [1.54, 1.807) is 0 Å². The fourth-order valence-corrected chi connectivity index (χ4v) is 5.61. The Morgan fingerprint density at radius 1 is 1.00 bits per heavy atom. The first-order valence-electron chi connectivity index (χ1n) is 11.9. The second-order valence-corrected chi connectivity index (χ2v) is 11.0. The number of halogens is 4. The number of hydrogen-bond donors (Lipinski definition) is 1. The van der Waals surface area contributed by atoms with Crippen LogP contribution in [0.1, 0.15) is 44.4 Å². The lowest BCUT2D eigenvalue weighted by Gasteiger charge is -2.32. The van der Waals surface area contributed by atoms with Crippen molar-refractivity contribution in [1.82, 2.24) is 5.32 Å². The van der Waals surface area contributed by atoms with Gasteiger partial charge in [-0.05, 0) is 79.9 Å². The summed E-state index contributed by atoms with van der Waals surface area (Å²) in [6.07, 6.45) is 0.111. The summed E-state index contributed by atoms with van der Waals surface area (Å²) in [5.41, 5.74) is 0.132. The van der Waals surface area contributed by atoms with E-state index in [9.17, 15) is 26.4 Å². The first-order chi connectivity index (χ1) is 17.9. The zero-order valence-corrected chi connectivity index (χ0v) is 22.6. The quantitative estimate of drug-likeness (QED) is 0.292. The van der Waals surface area contributed by atoms with E-state index in [0.29, 0.717) is 22.6 Å². The molecule has 2 atom stereocenters. The highest BCUT2D eigenvalue weighted by molar-refractivity contribution is 7.92. The van der Waals surface area contributed by atoms with Crippen molar-refractivity contribution in [3.63, 3.8) is 0 Å². The van der Waals surface area contributed by atoms with Crippen molar-refractivity contribution in [2.45, 2.75) is 50.6 Å². The Bertz CT molecular complexity index is 1390. The molecule has 0 aromatic heterocycles. The molecule has 1 N–H and O–H groups in total. The average Bonchev–Trinajstić information content (AvgIpc) is 2.86. The third kappa shape index (κ3) is 6.99. The normalized spacial score (nSPS) is 13.0. The monoisotopic (exact) mass is 568 g/mol. The predicted molar refractivity (Wildman–Crippen MR) is 140 cm³/mol. The van der Waals surface area contributed by atoms with E-state index in [0.717, 1.165) is 28.6 Å². The Hall–Kier alpha value is -3.24. The minimum absolute atomic E-state index is 0.0474. The molecule has 3 rings (SSSR count). The predicted octanol–water partition coefficient (Wildman–Crippen LogP) is 6.78. The summed E-state index contributed by atoms with van der Waals surface area (Å²) in [6.45, 7) is 5.07. The standard InChI is InChI=1S/C27H28ClF3N2O4S/c1-4-17(2)32-27(34)37-14-13-19-15-21(29)7-11-24(19)18(3)33(26-16-22(30)8-12-25(26)31)38(35,36)23-9-5-20(28)6-10-23/h5-12,15-18H,4,13-14H2,1-3H3,(H,32,34)/t17?,18-/m1/s1. The van der Waals surface area contributed by atoms with Crippen LogP contribution >= 0.6 is 11.6 Å². The lowest BCUT2D eigenvalue weighted by molar-refractivity contribution is 0.144. The minimum Gasteiger partial charge on any atom is -0.449 e. The highest BCUT2D eigenvalue weighted by Gasteiger charge is 2.33. The molecule has 11 heteroatoms. The summed E-state index contributed by atoms with van der Waals surface area (Å²) in [5.74, 6) is -2.40. The van der Waals surface area contributed by atoms with Gasteiger partial charge in [-0.25, -0.2) is 26.4 Å². The topological polar surface area (TPSA) is 75.7 Å². The van der Waals surface area contributed by atoms with E-state index in [-0.39, 0.29) is 24.0 Å². The summed E-state index contributed by atoms with van der Waals surface area (Å²) >= 11 is 5.91. The van der Waals surface area contributed by atoms with Gasteiger partial charge in [0.2, 0.25) is 0 Å². The first kappa shape index (κ1) is 29.3. The molecule has 1 unspecified atom stereocenters. The third-order valence-corrected chi connectivity index (χ3v) is 8.15. The number of amides is 1. The zero-order chi connectivity index (χ0) is 28.0. The van der Waals surface area contributed by atoms with Crippen LogP contribution in [-0.2, 0) is 21.2 Å². The fraction of sp³-hybridized carbons (Fsp3) is 0.296. The number of nitrogens with one attached hydrogen (secondary N) is 1. The van der Waals surface area contributed by atoms with Gasteiger partial charge in [-0.1, -0.05) is 24.6 Å². The molecule has 6 nitrogen and oxygen atoms in total. The Morgan fingerprint density at radius 2 is 1.63 bits per heavy atom. The van der Waals surface area contributed by atoms with Gasteiger partial charge >= 0.3 is 6.09 Å². The maximum Gasteiger partial charge on any atom is 0.407 e. The summed E-state index contributed by atoms with van der Waals surface area (Å²) in [5, 5.41) is 2.94. The van der Waals surface area contributed by atoms with Crippen LogP contribution in [0.2, 0.25) is 5.02 Å². The van der Waals surface area contributed by atoms with Crippen LogP contribution in [-0.4, -0.2) is 27.2 Å². The van der Waals surface area contributed by atoms with E-state index < -0.39 is 45.3 Å². The molecule has 0 radical (unpaired) electrons. The number of benzene rings is 3. The average molecular weight is 569 g/mol. The van der Waals surface area contributed by atoms with Crippen LogP contribution in [0.15, 0.2) is 65.6 Å². The van der Waals surface area contributed by atoms with E-state index in [4.69, 9.17) is 16.3 Å². The van der Waals surface area contributed by atoms with Crippen molar-refractivity contribution in [2.75, 3.05) is 10.9 Å². The Labute approximate surface area is 225 Å². The highest BCUT2D eigenvalue weighted by Crippen LogP contribution is 2.37. The van der Waals surface area contributed by atoms with Gasteiger partial charge in [0.15, 0.2) is 0 Å². The molecule has 0 heterocycles. The second kappa shape index (κ2) is 12.5. The number of ether oxygens (including phenoxy) is 1. The molecule has 0 aliphatic rings. The van der Waals surface area contributed by atoms with Gasteiger partial charge in [0.05, 0.1) is 23.2 Å². The molecular weight excluding hydrogens is 541 g/mol. The SMILES string of the molecule is CCC(C)NC(=O)OCCc1cc(F)ccc1[C@@H](C)N(c1cc(F)ccc1F)S(=O)(=O)c1ccc(Cl)cc1. The van der Waals surface area contributed by atoms with Gasteiger partial charge in [0.25, 0.3) is 10.0 Å². The number of rotatable bonds is 10. The number of hydrogen-bond acceptors (Lipinski definition) is 4. The lowest BCUT2D eigenvalue weighted by Crippen LogP contribution is -2.35. The van der Waals surface area contributed by atoms with Crippen molar-refractivity contribution in [3.05, 3.63) is 94.3 Å². The number of sulfonamides is 1. The van der Waals surface area contributed by atoms with Crippen LogP contribution in [0.4, 0.5) is 23.7 Å². The smallest absolute Gasteiger partial charge is 0.407 e. The largest absolute Gasteiger partial charge is 0.449 e. The molecule has 1 amide bonds. The molecule has 38 heavy (non-hydrogen) atoms. The summed E-state index contributed by atoms with van der Waals surface area (Å²) in [4.78, 5) is 11.8. The van der Waals surface area contributed by atoms with Crippen molar-refractivity contribution in [1.29, 1.82) is 0 Å². The Balaban J connectivity index is 2.03. The van der Waals surface area contributed by atoms with Gasteiger partial charge in [0, 0.05) is 23.6 Å². The van der Waals surface area contributed by atoms with E-state index in [1.807, 2.05) is 13.8 Å². The number of nitrogens with zero attached hydrogens (tertiary/aromatic N) is 1. The molecule has 0 spiro atoms. The van der Waals surface area contributed by atoms with Gasteiger partial charge in [-0.2, -0.15) is 0 Å². The van der Waals surface area contributed by atoms with Crippen LogP contribution < -0.4 is 9.62 Å². The van der Waals surface area contributed by atoms with Crippen LogP contribution in [0.3, 0.4) is 0 Å². The van der Waals surface area contributed by atoms with Gasteiger partial charge in [-0.15, -0.1) is 0 Å². The summed E-state index contributed by atoms with van der Waals surface area (Å²) < 4.78 is 76.9. The third-order valence-electron chi connectivity index (χ3n) is 6.00. The molecule has 3 aromatic rings. The highest BCUT2D eigenvalue weighted by atomic mass is 35.5. The maximum atomic E-state index is 15.0. The van der Waals surface area contributed by atoms with E-state index in [2.05, 4.69) is 5.32 Å². The molecule has 3 aromatic carbocycles. The fourth-order valence-electron chi connectivity index (χ4n) is 3.84. The maximum absolute atomic E-state index is 15.0. The molecule has 0 bridgehead atoms. The molecule has 0 saturated carbocycles. The van der Waals surface area contributed by atoms with Crippen LogP contribution in [0.5, 0.6) is 0 Å². The van der Waals surface area contributed by atoms with Gasteiger partial charge in [0.1, 0.15) is 17.5 Å².